The summed E-state index contributed by atoms with van der Waals surface area (Å²) >= 11 is 1.77. The van der Waals surface area contributed by atoms with Crippen molar-refractivity contribution >= 4 is 75.1 Å². The molecule has 0 unspecified atom stereocenters. The first-order valence-electron chi connectivity index (χ1n) is 22.4. The van der Waals surface area contributed by atoms with Crippen LogP contribution in [-0.4, -0.2) is 9.13 Å². The molecule has 2 nitrogen and oxygen atoms in total. The van der Waals surface area contributed by atoms with E-state index < -0.39 is 12.1 Å². The third kappa shape index (κ3) is 5.03. The van der Waals surface area contributed by atoms with Gasteiger partial charge in [-0.15, -0.1) is 11.3 Å². The Bertz CT molecular complexity index is 3930. The highest BCUT2D eigenvalue weighted by Crippen LogP contribution is 2.43. The molecule has 0 saturated heterocycles. The summed E-state index contributed by atoms with van der Waals surface area (Å²) in [6.45, 7) is 0. The van der Waals surface area contributed by atoms with Gasteiger partial charge in [-0.1, -0.05) is 139 Å². The van der Waals surface area contributed by atoms with Gasteiger partial charge in [-0.25, -0.2) is 0 Å². The fourth-order valence-corrected chi connectivity index (χ4v) is 9.73. The predicted octanol–water partition coefficient (Wildman–Crippen LogP) is 15.2. The summed E-state index contributed by atoms with van der Waals surface area (Å²) in [6.07, 6.45) is 0. The smallest absolute Gasteiger partial charge is 0.0645 e. The molecule has 0 radical (unpaired) electrons. The van der Waals surface area contributed by atoms with Crippen molar-refractivity contribution in [2.75, 3.05) is 0 Å². The highest BCUT2D eigenvalue weighted by Gasteiger charge is 2.19. The molecule has 0 bridgehead atoms. The minimum atomic E-state index is -0.423. The first kappa shape index (κ1) is 25.8. The van der Waals surface area contributed by atoms with Gasteiger partial charge in [-0.3, -0.25) is 0 Å². The number of rotatable bonds is 5. The Labute approximate surface area is 343 Å². The molecule has 0 aliphatic carbocycles. The van der Waals surface area contributed by atoms with E-state index >= 15 is 0 Å². The Kier molecular flexibility index (Phi) is 5.74. The predicted molar refractivity (Wildman–Crippen MR) is 244 cm³/mol. The topological polar surface area (TPSA) is 9.86 Å². The van der Waals surface area contributed by atoms with E-state index in [-0.39, 0.29) is 57.6 Å². The molecule has 0 N–H and O–H groups in total. The van der Waals surface area contributed by atoms with Crippen LogP contribution in [0, 0.1) is 0 Å². The maximum absolute atomic E-state index is 9.98. The minimum Gasteiger partial charge on any atom is -0.309 e. The van der Waals surface area contributed by atoms with Gasteiger partial charge in [-0.2, -0.15) is 0 Å². The lowest BCUT2D eigenvalue weighted by Crippen LogP contribution is -1.94. The molecule has 57 heavy (non-hydrogen) atoms. The monoisotopic (exact) mass is 749 g/mol. The number of thiophene rings is 1. The molecule has 12 rings (SSSR count). The van der Waals surface area contributed by atoms with Crippen molar-refractivity contribution in [2.24, 2.45) is 0 Å². The van der Waals surface area contributed by atoms with Crippen LogP contribution < -0.4 is 0 Å². The Morgan fingerprint density at radius 1 is 0.368 bits per heavy atom. The summed E-state index contributed by atoms with van der Waals surface area (Å²) in [7, 11) is 0. The molecule has 3 aromatic heterocycles. The molecule has 0 amide bonds. The lowest BCUT2D eigenvalue weighted by Gasteiger charge is -2.11. The first-order chi connectivity index (χ1) is 31.2. The van der Waals surface area contributed by atoms with E-state index in [1.807, 2.05) is 91.0 Å². The van der Waals surface area contributed by atoms with Crippen molar-refractivity contribution in [3.63, 3.8) is 0 Å². The first-order valence-corrected chi connectivity index (χ1v) is 19.8. The van der Waals surface area contributed by atoms with Gasteiger partial charge in [0.15, 0.2) is 0 Å². The number of fused-ring (bicyclic) bond motifs is 9. The number of para-hydroxylation sites is 1. The third-order valence-corrected chi connectivity index (χ3v) is 12.3. The highest BCUT2D eigenvalue weighted by atomic mass is 32.1. The molecular formula is C54H34N2S. The Morgan fingerprint density at radius 2 is 1.07 bits per heavy atom. The van der Waals surface area contributed by atoms with Gasteiger partial charge in [0.25, 0.3) is 0 Å². The van der Waals surface area contributed by atoms with E-state index in [1.54, 1.807) is 15.9 Å². The van der Waals surface area contributed by atoms with Crippen molar-refractivity contribution in [3.05, 3.63) is 206 Å². The number of hydrogen-bond donors (Lipinski definition) is 0. The molecule has 3 heterocycles. The number of nitrogens with zero attached hydrogens (tertiary/aromatic N) is 2. The maximum Gasteiger partial charge on any atom is 0.0645 e. The van der Waals surface area contributed by atoms with Crippen LogP contribution in [0.25, 0.3) is 109 Å². The van der Waals surface area contributed by atoms with Gasteiger partial charge in [-0.05, 0) is 100 Å². The third-order valence-electron chi connectivity index (χ3n) is 11.2. The van der Waals surface area contributed by atoms with Crippen LogP contribution in [0.3, 0.4) is 0 Å². The van der Waals surface area contributed by atoms with Crippen molar-refractivity contribution in [1.29, 1.82) is 0 Å². The maximum atomic E-state index is 9.98. The summed E-state index contributed by atoms with van der Waals surface area (Å²) < 4.78 is 71.6. The molecule has 0 saturated carbocycles. The SMILES string of the molecule is [2H]c1c([2H])c([2H])c2c(c1[2H])c1c([2H])c(-c3ccc4c(c3)c3c(-c5ccccc5)cccc3n4-c3ccc4c(c3)sc3ccccc34)c([2H])c([2H])c1n2-c1cccc(-c2ccccc2)c1. The summed E-state index contributed by atoms with van der Waals surface area (Å²) in [5.41, 5.74) is 8.54. The van der Waals surface area contributed by atoms with Gasteiger partial charge < -0.3 is 9.13 Å². The van der Waals surface area contributed by atoms with Crippen molar-refractivity contribution in [1.82, 2.24) is 9.13 Å². The van der Waals surface area contributed by atoms with Crippen LogP contribution in [0.1, 0.15) is 9.60 Å². The Balaban J connectivity index is 1.15. The summed E-state index contributed by atoms with van der Waals surface area (Å²) in [6, 6.07) is 53.2. The molecule has 0 aliphatic heterocycles. The zero-order chi connectivity index (χ0) is 43.5. The fourth-order valence-electron chi connectivity index (χ4n) is 8.59. The molecule has 0 spiro atoms. The largest absolute Gasteiger partial charge is 0.309 e. The molecule has 0 atom stereocenters. The molecule has 266 valence electrons. The lowest BCUT2D eigenvalue weighted by molar-refractivity contribution is 1.18. The normalized spacial score (nSPS) is 13.6. The Morgan fingerprint density at radius 3 is 1.96 bits per heavy atom. The van der Waals surface area contributed by atoms with E-state index in [4.69, 9.17) is 2.74 Å². The van der Waals surface area contributed by atoms with Crippen molar-refractivity contribution in [3.8, 4) is 44.8 Å². The van der Waals surface area contributed by atoms with Gasteiger partial charge in [0.05, 0.1) is 31.7 Å². The van der Waals surface area contributed by atoms with Gasteiger partial charge in [0.1, 0.15) is 0 Å². The second-order valence-electron chi connectivity index (χ2n) is 14.4. The fraction of sp³-hybridized carbons (Fsp3) is 0. The quantitative estimate of drug-likeness (QED) is 0.166. The molecule has 3 heteroatoms. The lowest BCUT2D eigenvalue weighted by atomic mass is 9.97. The second-order valence-corrected chi connectivity index (χ2v) is 15.4. The van der Waals surface area contributed by atoms with Crippen LogP contribution in [-0.2, 0) is 0 Å². The zero-order valence-electron chi connectivity index (χ0n) is 37.4. The van der Waals surface area contributed by atoms with Gasteiger partial charge in [0.2, 0.25) is 0 Å². The van der Waals surface area contributed by atoms with Gasteiger partial charge >= 0.3 is 0 Å². The second kappa shape index (κ2) is 12.7. The molecular weight excluding hydrogens is 709 g/mol. The molecule has 12 aromatic rings. The summed E-state index contributed by atoms with van der Waals surface area (Å²) in [5.74, 6) is 0. The summed E-state index contributed by atoms with van der Waals surface area (Å²) in [4.78, 5) is 0. The average molecular weight is 750 g/mol. The van der Waals surface area contributed by atoms with Crippen LogP contribution in [0.15, 0.2) is 206 Å². The Hall–Kier alpha value is -7.20. The van der Waals surface area contributed by atoms with E-state index in [2.05, 4.69) is 77.4 Å². The van der Waals surface area contributed by atoms with E-state index in [1.165, 1.54) is 20.2 Å². The van der Waals surface area contributed by atoms with Crippen LogP contribution in [0.2, 0.25) is 0 Å². The average Bonchev–Trinajstić information content (AvgIpc) is 4.01. The highest BCUT2D eigenvalue weighted by molar-refractivity contribution is 7.25. The number of aromatic nitrogens is 2. The molecule has 9 aromatic carbocycles. The van der Waals surface area contributed by atoms with Gasteiger partial charge in [0, 0.05) is 53.1 Å². The van der Waals surface area contributed by atoms with Crippen LogP contribution >= 0.6 is 11.3 Å². The summed E-state index contributed by atoms with van der Waals surface area (Å²) in [5, 5.41) is 4.71. The number of benzene rings is 9. The number of hydrogen-bond acceptors (Lipinski definition) is 1. The zero-order valence-corrected chi connectivity index (χ0v) is 31.2. The van der Waals surface area contributed by atoms with E-state index in [0.29, 0.717) is 11.3 Å². The minimum absolute atomic E-state index is 0.0782. The molecule has 0 aliphatic rings. The van der Waals surface area contributed by atoms with Crippen molar-refractivity contribution < 1.29 is 9.60 Å². The standard InChI is InChI=1S/C54H34N2S/c1-3-13-35(14-4-1)37-17-11-18-40(31-37)55-48-22-9-7-19-43(48)46-32-38(25-29-49(46)55)39-26-30-50-47(33-39)54-42(36-15-5-2-6-16-36)21-12-23-51(54)56(50)41-27-28-45-44-20-8-10-24-52(44)57-53(45)34-41/h1-34H/i7D,9D,19D,22D,25D,29D,32D. The van der Waals surface area contributed by atoms with Crippen LogP contribution in [0.4, 0.5) is 0 Å². The van der Waals surface area contributed by atoms with E-state index in [0.717, 1.165) is 49.7 Å². The van der Waals surface area contributed by atoms with Crippen molar-refractivity contribution in [2.45, 2.75) is 0 Å². The molecule has 0 fully saturated rings. The van der Waals surface area contributed by atoms with Crippen LogP contribution in [0.5, 0.6) is 0 Å². The van der Waals surface area contributed by atoms with E-state index in [9.17, 15) is 6.85 Å².